The molecule has 0 heterocycles. The molecule has 6 nitrogen and oxygen atoms in total. The van der Waals surface area contributed by atoms with Gasteiger partial charge < -0.3 is 14.8 Å². The van der Waals surface area contributed by atoms with E-state index in [1.807, 2.05) is 0 Å². The number of amides is 1. The molecule has 2 aromatic carbocycles. The van der Waals surface area contributed by atoms with E-state index in [1.54, 1.807) is 60.7 Å². The van der Waals surface area contributed by atoms with E-state index in [4.69, 9.17) is 4.74 Å². The first-order valence-corrected chi connectivity index (χ1v) is 7.27. The van der Waals surface area contributed by atoms with Gasteiger partial charge in [0.05, 0.1) is 12.7 Å². The number of hydrogen-bond acceptors (Lipinski definition) is 5. The van der Waals surface area contributed by atoms with Crippen molar-refractivity contribution >= 4 is 17.8 Å². The molecule has 0 saturated carbocycles. The lowest BCUT2D eigenvalue weighted by molar-refractivity contribution is -0.143. The molecule has 0 aliphatic carbocycles. The quantitative estimate of drug-likeness (QED) is 0.818. The summed E-state index contributed by atoms with van der Waals surface area (Å²) in [5.41, 5.74) is 0.747. The molecule has 1 N–H and O–H groups in total. The highest BCUT2D eigenvalue weighted by atomic mass is 16.5. The Hall–Kier alpha value is -3.15. The molecule has 0 saturated heterocycles. The minimum atomic E-state index is -1.09. The van der Waals surface area contributed by atoms with E-state index in [0.717, 1.165) is 0 Å². The zero-order valence-electron chi connectivity index (χ0n) is 13.1. The minimum absolute atomic E-state index is 0.320. The first-order chi connectivity index (χ1) is 11.6. The van der Waals surface area contributed by atoms with Crippen LogP contribution in [0.15, 0.2) is 60.7 Å². The van der Waals surface area contributed by atoms with Crippen molar-refractivity contribution in [3.63, 3.8) is 0 Å². The third kappa shape index (κ3) is 4.67. The number of methoxy groups -OCH3 is 1. The van der Waals surface area contributed by atoms with E-state index in [-0.39, 0.29) is 6.61 Å². The summed E-state index contributed by atoms with van der Waals surface area (Å²) in [5.74, 6) is -1.74. The van der Waals surface area contributed by atoms with Crippen molar-refractivity contribution in [3.05, 3.63) is 71.8 Å². The Kier molecular flexibility index (Phi) is 6.08. The first kappa shape index (κ1) is 17.2. The lowest BCUT2D eigenvalue weighted by atomic mass is 10.2. The number of rotatable bonds is 6. The molecule has 0 spiro atoms. The van der Waals surface area contributed by atoms with Gasteiger partial charge in [0.15, 0.2) is 6.04 Å². The number of carbonyl (C=O) groups excluding carboxylic acids is 3. The van der Waals surface area contributed by atoms with Crippen LogP contribution in [0.4, 0.5) is 0 Å². The Morgan fingerprint density at radius 1 is 0.917 bits per heavy atom. The van der Waals surface area contributed by atoms with E-state index in [2.05, 4.69) is 10.1 Å². The fourth-order valence-corrected chi connectivity index (χ4v) is 1.96. The zero-order chi connectivity index (χ0) is 17.4. The molecule has 1 atom stereocenters. The standard InChI is InChI=1S/C18H17NO5/c1-23-18(22)15(19-16(20)13-8-4-2-5-9-13)12-24-17(21)14-10-6-3-7-11-14/h2-11,15H,12H2,1H3,(H,19,20). The monoisotopic (exact) mass is 327 g/mol. The second kappa shape index (κ2) is 8.47. The van der Waals surface area contributed by atoms with E-state index in [1.165, 1.54) is 7.11 Å². The largest absolute Gasteiger partial charge is 0.467 e. The van der Waals surface area contributed by atoms with Crippen LogP contribution in [0.3, 0.4) is 0 Å². The van der Waals surface area contributed by atoms with Crippen LogP contribution >= 0.6 is 0 Å². The Morgan fingerprint density at radius 2 is 1.46 bits per heavy atom. The molecule has 0 aromatic heterocycles. The Bertz CT molecular complexity index is 700. The van der Waals surface area contributed by atoms with Crippen molar-refractivity contribution in [1.29, 1.82) is 0 Å². The Labute approximate surface area is 139 Å². The van der Waals surface area contributed by atoms with E-state index < -0.39 is 23.9 Å². The normalized spacial score (nSPS) is 11.2. The van der Waals surface area contributed by atoms with Gasteiger partial charge in [-0.3, -0.25) is 4.79 Å². The predicted octanol–water partition coefficient (Wildman–Crippen LogP) is 1.81. The fraction of sp³-hybridized carbons (Fsp3) is 0.167. The van der Waals surface area contributed by atoms with Gasteiger partial charge in [0.2, 0.25) is 0 Å². The van der Waals surface area contributed by atoms with Crippen LogP contribution in [0.5, 0.6) is 0 Å². The summed E-state index contributed by atoms with van der Waals surface area (Å²) < 4.78 is 9.74. The smallest absolute Gasteiger partial charge is 0.338 e. The summed E-state index contributed by atoms with van der Waals surface area (Å²) in [6.45, 7) is -0.320. The number of benzene rings is 2. The molecule has 0 fully saturated rings. The Morgan fingerprint density at radius 3 is 2.00 bits per heavy atom. The Balaban J connectivity index is 2.00. The molecule has 2 aromatic rings. The summed E-state index contributed by atoms with van der Waals surface area (Å²) >= 11 is 0. The van der Waals surface area contributed by atoms with Crippen LogP contribution in [-0.2, 0) is 14.3 Å². The van der Waals surface area contributed by atoms with Crippen molar-refractivity contribution in [2.75, 3.05) is 13.7 Å². The van der Waals surface area contributed by atoms with Crippen LogP contribution < -0.4 is 5.32 Å². The minimum Gasteiger partial charge on any atom is -0.467 e. The summed E-state index contributed by atoms with van der Waals surface area (Å²) in [5, 5.41) is 2.50. The number of esters is 2. The van der Waals surface area contributed by atoms with Crippen LogP contribution in [-0.4, -0.2) is 37.6 Å². The maximum atomic E-state index is 12.1. The van der Waals surface area contributed by atoms with Crippen LogP contribution in [0.1, 0.15) is 20.7 Å². The second-order valence-corrected chi connectivity index (χ2v) is 4.88. The summed E-state index contributed by atoms with van der Waals surface area (Å²) in [6.07, 6.45) is 0. The summed E-state index contributed by atoms with van der Waals surface area (Å²) in [6, 6.07) is 15.7. The van der Waals surface area contributed by atoms with E-state index >= 15 is 0 Å². The van der Waals surface area contributed by atoms with Gasteiger partial charge in [-0.05, 0) is 24.3 Å². The molecule has 0 aliphatic rings. The number of carbonyl (C=O) groups is 3. The van der Waals surface area contributed by atoms with Crippen molar-refractivity contribution in [3.8, 4) is 0 Å². The number of nitrogens with one attached hydrogen (secondary N) is 1. The highest BCUT2D eigenvalue weighted by Gasteiger charge is 2.24. The summed E-state index contributed by atoms with van der Waals surface area (Å²) in [7, 11) is 1.20. The van der Waals surface area contributed by atoms with Crippen molar-refractivity contribution in [1.82, 2.24) is 5.32 Å². The maximum absolute atomic E-state index is 12.1. The maximum Gasteiger partial charge on any atom is 0.338 e. The van der Waals surface area contributed by atoms with Crippen molar-refractivity contribution < 1.29 is 23.9 Å². The number of ether oxygens (including phenoxy) is 2. The average molecular weight is 327 g/mol. The van der Waals surface area contributed by atoms with Gasteiger partial charge in [0.25, 0.3) is 5.91 Å². The van der Waals surface area contributed by atoms with Gasteiger partial charge in [-0.1, -0.05) is 36.4 Å². The molecule has 6 heteroatoms. The van der Waals surface area contributed by atoms with Gasteiger partial charge in [-0.2, -0.15) is 0 Å². The van der Waals surface area contributed by atoms with Crippen molar-refractivity contribution in [2.45, 2.75) is 6.04 Å². The first-order valence-electron chi connectivity index (χ1n) is 7.27. The SMILES string of the molecule is COC(=O)C(COC(=O)c1ccccc1)NC(=O)c1ccccc1. The van der Waals surface area contributed by atoms with Crippen LogP contribution in [0.2, 0.25) is 0 Å². The third-order valence-corrected chi connectivity index (χ3v) is 3.22. The van der Waals surface area contributed by atoms with Gasteiger partial charge >= 0.3 is 11.9 Å². The summed E-state index contributed by atoms with van der Waals surface area (Å²) in [4.78, 5) is 35.9. The molecule has 24 heavy (non-hydrogen) atoms. The lowest BCUT2D eigenvalue weighted by Gasteiger charge is -2.16. The highest BCUT2D eigenvalue weighted by Crippen LogP contribution is 2.04. The predicted molar refractivity (Wildman–Crippen MR) is 86.4 cm³/mol. The van der Waals surface area contributed by atoms with Crippen LogP contribution in [0.25, 0.3) is 0 Å². The molecular formula is C18H17NO5. The topological polar surface area (TPSA) is 81.7 Å². The van der Waals surface area contributed by atoms with Gasteiger partial charge in [0, 0.05) is 5.56 Å². The van der Waals surface area contributed by atoms with Crippen LogP contribution in [0, 0.1) is 0 Å². The van der Waals surface area contributed by atoms with Gasteiger partial charge in [0.1, 0.15) is 6.61 Å². The highest BCUT2D eigenvalue weighted by molar-refractivity contribution is 5.97. The van der Waals surface area contributed by atoms with Crippen molar-refractivity contribution in [2.24, 2.45) is 0 Å². The lowest BCUT2D eigenvalue weighted by Crippen LogP contribution is -2.45. The molecular weight excluding hydrogens is 310 g/mol. The average Bonchev–Trinajstić information content (AvgIpc) is 2.65. The van der Waals surface area contributed by atoms with E-state index in [0.29, 0.717) is 11.1 Å². The molecule has 0 radical (unpaired) electrons. The molecule has 2 rings (SSSR count). The zero-order valence-corrected chi connectivity index (χ0v) is 13.1. The molecule has 1 unspecified atom stereocenters. The molecule has 124 valence electrons. The van der Waals surface area contributed by atoms with Gasteiger partial charge in [-0.15, -0.1) is 0 Å². The van der Waals surface area contributed by atoms with E-state index in [9.17, 15) is 14.4 Å². The third-order valence-electron chi connectivity index (χ3n) is 3.22. The molecule has 0 bridgehead atoms. The van der Waals surface area contributed by atoms with Gasteiger partial charge in [-0.25, -0.2) is 9.59 Å². The molecule has 0 aliphatic heterocycles. The fourth-order valence-electron chi connectivity index (χ4n) is 1.96. The second-order valence-electron chi connectivity index (χ2n) is 4.88. The molecule has 1 amide bonds. The number of hydrogen-bond donors (Lipinski definition) is 1.